The quantitative estimate of drug-likeness (QED) is 0.283. The molecule has 0 atom stereocenters. The molecular formula is C16H49Cl2NO2Si6. The number of nitrogens with one attached hydrogen (secondary N) is 1. The Labute approximate surface area is 187 Å². The first-order valence-corrected chi connectivity index (χ1v) is 31.4. The monoisotopic (exact) mass is 525 g/mol. The minimum absolute atomic E-state index is 0.981. The summed E-state index contributed by atoms with van der Waals surface area (Å²) in [6.07, 6.45) is 0. The third kappa shape index (κ3) is 47.2. The van der Waals surface area contributed by atoms with E-state index in [2.05, 4.69) is 96.3 Å². The lowest BCUT2D eigenvalue weighted by Gasteiger charge is -2.35. The van der Waals surface area contributed by atoms with Crippen LogP contribution in [0.2, 0.25) is 105 Å². The van der Waals surface area contributed by atoms with Gasteiger partial charge in [-0.15, -0.1) is 22.2 Å². The summed E-state index contributed by atoms with van der Waals surface area (Å²) in [5, 5.41) is 0. The fraction of sp³-hybridized carbons (Fsp3) is 1.00. The van der Waals surface area contributed by atoms with E-state index in [0.717, 1.165) is 0 Å². The SMILES string of the molecule is C[Si](C)(C)N[Si](C)(C)C.C[Si](C)(C)O[Si](C)(C)O[Si](C)(C)C.C[Si](C)(Cl)Cl. The molecule has 27 heavy (non-hydrogen) atoms. The minimum atomic E-state index is -1.85. The van der Waals surface area contributed by atoms with Gasteiger partial charge in [-0.1, -0.05) is 39.3 Å². The van der Waals surface area contributed by atoms with Crippen LogP contribution in [0.3, 0.4) is 0 Å². The molecule has 0 saturated heterocycles. The summed E-state index contributed by atoms with van der Waals surface area (Å²) < 4.78 is 15.9. The zero-order valence-corrected chi connectivity index (χ0v) is 28.6. The van der Waals surface area contributed by atoms with Crippen molar-refractivity contribution in [1.82, 2.24) is 4.65 Å². The molecular weight excluding hydrogens is 478 g/mol. The van der Waals surface area contributed by atoms with E-state index in [0.29, 0.717) is 0 Å². The van der Waals surface area contributed by atoms with Gasteiger partial charge in [-0.3, -0.25) is 0 Å². The highest BCUT2D eigenvalue weighted by Gasteiger charge is 2.35. The van der Waals surface area contributed by atoms with Gasteiger partial charge in [0.1, 0.15) is 16.5 Å². The Morgan fingerprint density at radius 1 is 0.481 bits per heavy atom. The molecule has 0 bridgehead atoms. The van der Waals surface area contributed by atoms with Crippen LogP contribution in [0.5, 0.6) is 0 Å². The summed E-state index contributed by atoms with van der Waals surface area (Å²) in [6.45, 7) is 33.8. The lowest BCUT2D eigenvalue weighted by Crippen LogP contribution is -2.55. The average Bonchev–Trinajstić information content (AvgIpc) is 1.96. The minimum Gasteiger partial charge on any atom is -0.437 e. The molecule has 0 unspecified atom stereocenters. The van der Waals surface area contributed by atoms with E-state index in [4.69, 9.17) is 30.4 Å². The van der Waals surface area contributed by atoms with Crippen LogP contribution in [0.1, 0.15) is 0 Å². The normalized spacial score (nSPS) is 14.0. The molecule has 0 aromatic heterocycles. The average molecular weight is 527 g/mol. The molecule has 0 aromatic carbocycles. The number of hydrogen-bond donors (Lipinski definition) is 1. The van der Waals surface area contributed by atoms with E-state index < -0.39 is 48.4 Å². The predicted molar refractivity (Wildman–Crippen MR) is 145 cm³/mol. The van der Waals surface area contributed by atoms with Crippen molar-refractivity contribution < 1.29 is 8.23 Å². The lowest BCUT2D eigenvalue weighted by molar-refractivity contribution is 0.395. The molecule has 0 spiro atoms. The van der Waals surface area contributed by atoms with Crippen LogP contribution in [-0.2, 0) is 8.23 Å². The van der Waals surface area contributed by atoms with Gasteiger partial charge in [0.2, 0.25) is 6.69 Å². The van der Waals surface area contributed by atoms with Crippen molar-refractivity contribution >= 4 is 70.5 Å². The van der Waals surface area contributed by atoms with Crippen LogP contribution in [0.4, 0.5) is 0 Å². The second-order valence-electron chi connectivity index (χ2n) is 11.8. The van der Waals surface area contributed by atoms with Crippen molar-refractivity contribution in [2.24, 2.45) is 0 Å². The third-order valence-corrected chi connectivity index (χ3v) is 16.7. The molecule has 0 rings (SSSR count). The van der Waals surface area contributed by atoms with Crippen LogP contribution in [0.25, 0.3) is 0 Å². The molecule has 3 nitrogen and oxygen atoms in total. The topological polar surface area (TPSA) is 30.5 Å². The standard InChI is InChI=1S/C8H24O2Si3.C6H19NSi2.C2H6Cl2Si/c1-11(2,3)9-13(7,8)10-12(4,5)6;1-8(2,3)7-9(4,5)6;1-5(2,3)4/h1-8H3;7H,1-6H3;1-2H3. The Hall–Kier alpha value is 1.76. The maximum atomic E-state index is 6.09. The first kappa shape index (κ1) is 33.4. The highest BCUT2D eigenvalue weighted by Crippen LogP contribution is 2.19. The van der Waals surface area contributed by atoms with Crippen molar-refractivity contribution in [3.63, 3.8) is 0 Å². The zero-order chi connectivity index (χ0) is 23.1. The van der Waals surface area contributed by atoms with Crippen LogP contribution in [0.15, 0.2) is 0 Å². The summed E-state index contributed by atoms with van der Waals surface area (Å²) in [4.78, 5) is 0. The molecule has 11 heteroatoms. The molecule has 0 aromatic rings. The van der Waals surface area contributed by atoms with E-state index >= 15 is 0 Å². The van der Waals surface area contributed by atoms with Crippen LogP contribution in [0, 0.1) is 0 Å². The van der Waals surface area contributed by atoms with Gasteiger partial charge in [0, 0.05) is 0 Å². The molecule has 0 aliphatic carbocycles. The Bertz CT molecular complexity index is 370. The zero-order valence-electron chi connectivity index (χ0n) is 21.1. The molecule has 1 N–H and O–H groups in total. The van der Waals surface area contributed by atoms with Crippen molar-refractivity contribution in [3.05, 3.63) is 0 Å². The lowest BCUT2D eigenvalue weighted by atomic mass is 11.8. The Morgan fingerprint density at radius 2 is 0.667 bits per heavy atom. The van der Waals surface area contributed by atoms with E-state index in [1.54, 1.807) is 0 Å². The smallest absolute Gasteiger partial charge is 0.311 e. The summed E-state index contributed by atoms with van der Waals surface area (Å²) in [6, 6.07) is 0. The molecule has 0 aliphatic rings. The molecule has 0 saturated carbocycles. The number of halogens is 2. The Balaban J connectivity index is -0.000000356. The fourth-order valence-electron chi connectivity index (χ4n) is 2.62. The van der Waals surface area contributed by atoms with Gasteiger partial charge >= 0.3 is 8.56 Å². The van der Waals surface area contributed by atoms with E-state index in [-0.39, 0.29) is 0 Å². The van der Waals surface area contributed by atoms with Gasteiger partial charge < -0.3 is 12.9 Å². The van der Waals surface area contributed by atoms with Crippen molar-refractivity contribution in [2.45, 2.75) is 105 Å². The van der Waals surface area contributed by atoms with Crippen molar-refractivity contribution in [1.29, 1.82) is 0 Å². The molecule has 0 heterocycles. The van der Waals surface area contributed by atoms with Crippen LogP contribution in [-0.4, -0.2) is 48.4 Å². The summed E-state index contributed by atoms with van der Waals surface area (Å²) in [5.41, 5.74) is 0. The van der Waals surface area contributed by atoms with Crippen LogP contribution < -0.4 is 4.65 Å². The summed E-state index contributed by atoms with van der Waals surface area (Å²) >= 11 is 10.9. The van der Waals surface area contributed by atoms with Gasteiger partial charge in [0.25, 0.3) is 0 Å². The van der Waals surface area contributed by atoms with Crippen molar-refractivity contribution in [2.75, 3.05) is 0 Å². The highest BCUT2D eigenvalue weighted by molar-refractivity contribution is 7.44. The molecule has 0 aliphatic heterocycles. The van der Waals surface area contributed by atoms with Gasteiger partial charge in [-0.25, -0.2) is 0 Å². The van der Waals surface area contributed by atoms with E-state index in [1.807, 2.05) is 13.1 Å². The van der Waals surface area contributed by atoms with E-state index in [1.165, 1.54) is 0 Å². The second kappa shape index (κ2) is 12.0. The van der Waals surface area contributed by atoms with Crippen molar-refractivity contribution in [3.8, 4) is 0 Å². The maximum absolute atomic E-state index is 6.09. The van der Waals surface area contributed by atoms with Gasteiger partial charge in [0.05, 0.1) is 0 Å². The van der Waals surface area contributed by atoms with Gasteiger partial charge in [0.15, 0.2) is 16.6 Å². The molecule has 0 amide bonds. The first-order chi connectivity index (χ1) is 11.1. The van der Waals surface area contributed by atoms with Gasteiger partial charge in [-0.05, 0) is 65.5 Å². The molecule has 0 fully saturated rings. The number of hydrogen-bond acceptors (Lipinski definition) is 3. The largest absolute Gasteiger partial charge is 0.437 e. The molecule has 168 valence electrons. The predicted octanol–water partition coefficient (Wildman–Crippen LogP) is 7.80. The maximum Gasteiger partial charge on any atom is 0.311 e. The second-order valence-corrected chi connectivity index (χ2v) is 43.6. The summed E-state index contributed by atoms with van der Waals surface area (Å²) in [7, 11) is -6.68. The van der Waals surface area contributed by atoms with E-state index in [9.17, 15) is 0 Å². The third-order valence-electron chi connectivity index (χ3n) is 1.85. The summed E-state index contributed by atoms with van der Waals surface area (Å²) in [5.74, 6) is 0. The molecule has 0 radical (unpaired) electrons. The van der Waals surface area contributed by atoms with Crippen LogP contribution >= 0.6 is 22.2 Å². The Kier molecular flexibility index (Phi) is 14.8. The fourth-order valence-corrected chi connectivity index (χ4v) is 24.0. The number of rotatable bonds is 6. The Morgan fingerprint density at radius 3 is 0.741 bits per heavy atom. The highest BCUT2D eigenvalue weighted by atomic mass is 35.7. The first-order valence-electron chi connectivity index (χ1n) is 9.69. The van der Waals surface area contributed by atoms with Gasteiger partial charge in [-0.2, -0.15) is 0 Å².